The van der Waals surface area contributed by atoms with Crippen LogP contribution >= 0.6 is 0 Å². The number of nitrogens with zero attached hydrogens (tertiary/aromatic N) is 3. The number of halogens is 1. The first-order chi connectivity index (χ1) is 12.2. The summed E-state index contributed by atoms with van der Waals surface area (Å²) < 4.78 is 19.7. The van der Waals surface area contributed by atoms with E-state index in [2.05, 4.69) is 16.0 Å². The van der Waals surface area contributed by atoms with Crippen LogP contribution in [0.3, 0.4) is 0 Å². The van der Waals surface area contributed by atoms with Crippen LogP contribution in [-0.4, -0.2) is 23.0 Å². The van der Waals surface area contributed by atoms with E-state index in [0.29, 0.717) is 33.7 Å². The number of likely N-dealkylation sites (tertiary alicyclic amines) is 1. The Morgan fingerprint density at radius 3 is 2.84 bits per heavy atom. The lowest BCUT2D eigenvalue weighted by atomic mass is 10.1. The summed E-state index contributed by atoms with van der Waals surface area (Å²) in [6.45, 7) is 4.69. The predicted molar refractivity (Wildman–Crippen MR) is 93.4 cm³/mol. The highest BCUT2D eigenvalue weighted by Crippen LogP contribution is 2.30. The summed E-state index contributed by atoms with van der Waals surface area (Å²) in [7, 11) is 0. The molecule has 2 aromatic carbocycles. The van der Waals surface area contributed by atoms with Gasteiger partial charge in [-0.1, -0.05) is 6.07 Å². The lowest BCUT2D eigenvalue weighted by Crippen LogP contribution is -2.18. The second-order valence-corrected chi connectivity index (χ2v) is 6.52. The van der Waals surface area contributed by atoms with Crippen molar-refractivity contribution in [1.82, 2.24) is 9.88 Å². The minimum absolute atomic E-state index is 0.296. The smallest absolute Gasteiger partial charge is 0.227 e. The fourth-order valence-electron chi connectivity index (χ4n) is 3.42. The molecule has 0 saturated carbocycles. The van der Waals surface area contributed by atoms with Gasteiger partial charge in [-0.3, -0.25) is 4.90 Å². The van der Waals surface area contributed by atoms with Gasteiger partial charge in [0.15, 0.2) is 5.58 Å². The van der Waals surface area contributed by atoms with Crippen LogP contribution in [0.4, 0.5) is 4.39 Å². The summed E-state index contributed by atoms with van der Waals surface area (Å²) in [5.41, 5.74) is 3.74. The van der Waals surface area contributed by atoms with Crippen LogP contribution in [0, 0.1) is 24.1 Å². The number of hydrogen-bond acceptors (Lipinski definition) is 4. The fourth-order valence-corrected chi connectivity index (χ4v) is 3.42. The Hall–Kier alpha value is -2.71. The highest BCUT2D eigenvalue weighted by molar-refractivity contribution is 5.82. The van der Waals surface area contributed by atoms with Gasteiger partial charge in [-0.05, 0) is 68.2 Å². The third kappa shape index (κ3) is 2.90. The minimum atomic E-state index is -0.296. The zero-order valence-electron chi connectivity index (χ0n) is 14.1. The molecule has 0 unspecified atom stereocenters. The number of fused-ring (bicyclic) bond motifs is 1. The normalized spacial score (nSPS) is 14.9. The highest BCUT2D eigenvalue weighted by atomic mass is 19.1. The first-order valence-corrected chi connectivity index (χ1v) is 8.47. The molecule has 126 valence electrons. The van der Waals surface area contributed by atoms with Crippen molar-refractivity contribution in [2.75, 3.05) is 13.1 Å². The highest BCUT2D eigenvalue weighted by Gasteiger charge is 2.18. The summed E-state index contributed by atoms with van der Waals surface area (Å²) >= 11 is 0. The van der Waals surface area contributed by atoms with Crippen LogP contribution in [0.5, 0.6) is 0 Å². The molecule has 1 aliphatic heterocycles. The van der Waals surface area contributed by atoms with Crippen molar-refractivity contribution in [3.63, 3.8) is 0 Å². The standard InChI is InChI=1S/C20H18FN3O/c1-13-16(5-4-6-17(13)21)20-23-18-10-14(12-24-7-2-3-8-24)9-15(11-22)19(18)25-20/h4-6,9-10H,2-3,7-8,12H2,1H3. The second-order valence-electron chi connectivity index (χ2n) is 6.52. The SMILES string of the molecule is Cc1c(F)cccc1-c1nc2cc(CN3CCCC3)cc(C#N)c2o1. The Balaban J connectivity index is 1.79. The van der Waals surface area contributed by atoms with Gasteiger partial charge in [0.05, 0.1) is 5.56 Å². The molecule has 0 atom stereocenters. The molecule has 4 nitrogen and oxygen atoms in total. The maximum Gasteiger partial charge on any atom is 0.227 e. The number of oxazole rings is 1. The van der Waals surface area contributed by atoms with Crippen molar-refractivity contribution in [3.05, 3.63) is 52.8 Å². The summed E-state index contributed by atoms with van der Waals surface area (Å²) in [6.07, 6.45) is 2.45. The van der Waals surface area contributed by atoms with E-state index < -0.39 is 0 Å². The molecule has 1 saturated heterocycles. The van der Waals surface area contributed by atoms with Gasteiger partial charge in [-0.2, -0.15) is 5.26 Å². The Morgan fingerprint density at radius 1 is 1.28 bits per heavy atom. The molecule has 3 aromatic rings. The second kappa shape index (κ2) is 6.30. The Labute approximate surface area is 145 Å². The van der Waals surface area contributed by atoms with Gasteiger partial charge in [0.2, 0.25) is 5.89 Å². The van der Waals surface area contributed by atoms with Gasteiger partial charge in [0.25, 0.3) is 0 Å². The van der Waals surface area contributed by atoms with Gasteiger partial charge in [0.1, 0.15) is 17.4 Å². The lowest BCUT2D eigenvalue weighted by Gasteiger charge is -2.14. The first-order valence-electron chi connectivity index (χ1n) is 8.47. The molecule has 1 aromatic heterocycles. The molecule has 5 heteroatoms. The minimum Gasteiger partial charge on any atom is -0.435 e. The quantitative estimate of drug-likeness (QED) is 0.711. The van der Waals surface area contributed by atoms with Crippen molar-refractivity contribution in [2.24, 2.45) is 0 Å². The van der Waals surface area contributed by atoms with E-state index in [-0.39, 0.29) is 5.82 Å². The van der Waals surface area contributed by atoms with E-state index in [1.54, 1.807) is 19.1 Å². The topological polar surface area (TPSA) is 53.1 Å². The molecule has 0 amide bonds. The van der Waals surface area contributed by atoms with Crippen molar-refractivity contribution in [2.45, 2.75) is 26.3 Å². The molecule has 0 spiro atoms. The van der Waals surface area contributed by atoms with Crippen LogP contribution in [0.2, 0.25) is 0 Å². The van der Waals surface area contributed by atoms with Gasteiger partial charge in [-0.25, -0.2) is 9.37 Å². The fraction of sp³-hybridized carbons (Fsp3) is 0.300. The third-order valence-electron chi connectivity index (χ3n) is 4.77. The Bertz CT molecular complexity index is 981. The number of rotatable bonds is 3. The maximum absolute atomic E-state index is 13.8. The van der Waals surface area contributed by atoms with Gasteiger partial charge in [-0.15, -0.1) is 0 Å². The molecule has 0 radical (unpaired) electrons. The molecule has 4 rings (SSSR count). The zero-order chi connectivity index (χ0) is 17.4. The largest absolute Gasteiger partial charge is 0.435 e. The molecule has 25 heavy (non-hydrogen) atoms. The number of hydrogen-bond donors (Lipinski definition) is 0. The number of benzene rings is 2. The van der Waals surface area contributed by atoms with Crippen LogP contribution < -0.4 is 0 Å². The average molecular weight is 335 g/mol. The van der Waals surface area contributed by atoms with E-state index in [1.165, 1.54) is 18.9 Å². The van der Waals surface area contributed by atoms with Crippen molar-refractivity contribution in [1.29, 1.82) is 5.26 Å². The molecular weight excluding hydrogens is 317 g/mol. The maximum atomic E-state index is 13.8. The molecule has 0 N–H and O–H groups in total. The van der Waals surface area contributed by atoms with E-state index in [4.69, 9.17) is 4.42 Å². The molecular formula is C20H18FN3O. The monoisotopic (exact) mass is 335 g/mol. The molecule has 1 fully saturated rings. The predicted octanol–water partition coefficient (Wildman–Crippen LogP) is 4.41. The summed E-state index contributed by atoms with van der Waals surface area (Å²) in [5.74, 6) is 0.0526. The van der Waals surface area contributed by atoms with Gasteiger partial charge < -0.3 is 4.42 Å². The zero-order valence-corrected chi connectivity index (χ0v) is 14.1. The summed E-state index contributed by atoms with van der Waals surface area (Å²) in [6, 6.07) is 10.9. The molecule has 0 bridgehead atoms. The third-order valence-corrected chi connectivity index (χ3v) is 4.77. The van der Waals surface area contributed by atoms with Gasteiger partial charge >= 0.3 is 0 Å². The average Bonchev–Trinajstić information content (AvgIpc) is 3.26. The van der Waals surface area contributed by atoms with Crippen LogP contribution in [0.15, 0.2) is 34.7 Å². The van der Waals surface area contributed by atoms with Crippen molar-refractivity contribution < 1.29 is 8.81 Å². The lowest BCUT2D eigenvalue weighted by molar-refractivity contribution is 0.331. The molecule has 0 aliphatic carbocycles. The Morgan fingerprint density at radius 2 is 2.08 bits per heavy atom. The van der Waals surface area contributed by atoms with Crippen LogP contribution in [0.1, 0.15) is 29.5 Å². The van der Waals surface area contributed by atoms with E-state index in [9.17, 15) is 9.65 Å². The summed E-state index contributed by atoms with van der Waals surface area (Å²) in [4.78, 5) is 6.90. The van der Waals surface area contributed by atoms with E-state index in [0.717, 1.165) is 25.2 Å². The van der Waals surface area contributed by atoms with Crippen molar-refractivity contribution >= 4 is 11.1 Å². The van der Waals surface area contributed by atoms with Crippen LogP contribution in [0.25, 0.3) is 22.6 Å². The van der Waals surface area contributed by atoms with E-state index >= 15 is 0 Å². The first kappa shape index (κ1) is 15.8. The van der Waals surface area contributed by atoms with Crippen LogP contribution in [-0.2, 0) is 6.54 Å². The summed E-state index contributed by atoms with van der Waals surface area (Å²) in [5, 5.41) is 9.49. The molecule has 1 aliphatic rings. The van der Waals surface area contributed by atoms with E-state index in [1.807, 2.05) is 12.1 Å². The number of nitriles is 1. The van der Waals surface area contributed by atoms with Crippen molar-refractivity contribution in [3.8, 4) is 17.5 Å². The molecule has 2 heterocycles. The Kier molecular flexibility index (Phi) is 3.98. The van der Waals surface area contributed by atoms with Gasteiger partial charge in [0, 0.05) is 12.1 Å². The number of aromatic nitrogens is 1.